The van der Waals surface area contributed by atoms with Gasteiger partial charge in [-0.15, -0.1) is 0 Å². The lowest BCUT2D eigenvalue weighted by Crippen LogP contribution is -2.62. The molecule has 0 unspecified atom stereocenters. The zero-order valence-corrected chi connectivity index (χ0v) is 16.6. The van der Waals surface area contributed by atoms with Crippen LogP contribution in [0.15, 0.2) is 29.5 Å². The third-order valence-electron chi connectivity index (χ3n) is 6.08. The number of aromatic nitrogens is 1. The Kier molecular flexibility index (Phi) is 6.97. The Morgan fingerprint density at radius 1 is 1.00 bits per heavy atom. The van der Waals surface area contributed by atoms with Gasteiger partial charge in [-0.3, -0.25) is 9.89 Å². The highest BCUT2D eigenvalue weighted by Gasteiger charge is 2.39. The van der Waals surface area contributed by atoms with E-state index in [-0.39, 0.29) is 5.54 Å². The lowest BCUT2D eigenvalue weighted by Gasteiger charge is -2.50. The van der Waals surface area contributed by atoms with Crippen molar-refractivity contribution in [3.05, 3.63) is 24.5 Å². The summed E-state index contributed by atoms with van der Waals surface area (Å²) >= 11 is 0. The minimum absolute atomic E-state index is 0.283. The van der Waals surface area contributed by atoms with Crippen molar-refractivity contribution in [1.82, 2.24) is 25.0 Å². The number of nitrogens with one attached hydrogen (secondary N) is 2. The Hall–Kier alpha value is -1.53. The molecule has 2 aliphatic rings. The molecule has 26 heavy (non-hydrogen) atoms. The van der Waals surface area contributed by atoms with Gasteiger partial charge in [0.1, 0.15) is 0 Å². The van der Waals surface area contributed by atoms with Crippen LogP contribution in [0.25, 0.3) is 0 Å². The van der Waals surface area contributed by atoms with Gasteiger partial charge in [0, 0.05) is 44.6 Å². The predicted molar refractivity (Wildman–Crippen MR) is 109 cm³/mol. The van der Waals surface area contributed by atoms with Crippen molar-refractivity contribution >= 4 is 5.96 Å². The molecule has 0 aliphatic carbocycles. The maximum atomic E-state index is 4.44. The zero-order chi connectivity index (χ0) is 18.2. The topological polar surface area (TPSA) is 47.8 Å². The molecule has 3 rings (SSSR count). The molecule has 2 saturated heterocycles. The van der Waals surface area contributed by atoms with Crippen LogP contribution in [0.5, 0.6) is 0 Å². The molecule has 1 aromatic rings. The van der Waals surface area contributed by atoms with Gasteiger partial charge in [-0.25, -0.2) is 0 Å². The molecule has 0 aromatic carbocycles. The molecule has 0 radical (unpaired) electrons. The summed E-state index contributed by atoms with van der Waals surface area (Å²) in [6, 6.07) is 4.13. The number of rotatable bonds is 6. The minimum Gasteiger partial charge on any atom is -0.355 e. The Labute approximate surface area is 158 Å². The van der Waals surface area contributed by atoms with Crippen LogP contribution in [-0.4, -0.2) is 79.2 Å². The summed E-state index contributed by atoms with van der Waals surface area (Å²) < 4.78 is 2.19. The molecule has 0 spiro atoms. The van der Waals surface area contributed by atoms with E-state index in [4.69, 9.17) is 0 Å². The van der Waals surface area contributed by atoms with Gasteiger partial charge in [0.15, 0.2) is 5.96 Å². The van der Waals surface area contributed by atoms with Gasteiger partial charge in [-0.2, -0.15) is 0 Å². The summed E-state index contributed by atoms with van der Waals surface area (Å²) in [5.41, 5.74) is 0.283. The van der Waals surface area contributed by atoms with Crippen LogP contribution in [-0.2, 0) is 6.54 Å². The standard InChI is InChI=1S/C20H36N6/c1-21-19(22-10-17-25-11-6-7-12-25)23-18-20(8-15-24(2)16-9-20)26-13-4-3-5-14-26/h6-7,11-12H,3-5,8-10,13-18H2,1-2H3,(H2,21,22,23). The second-order valence-corrected chi connectivity index (χ2v) is 7.85. The van der Waals surface area contributed by atoms with Crippen LogP contribution >= 0.6 is 0 Å². The van der Waals surface area contributed by atoms with Crippen molar-refractivity contribution < 1.29 is 0 Å². The average molecular weight is 361 g/mol. The van der Waals surface area contributed by atoms with Gasteiger partial charge in [-0.1, -0.05) is 6.42 Å². The molecule has 1 aromatic heterocycles. The highest BCUT2D eigenvalue weighted by molar-refractivity contribution is 5.79. The number of hydrogen-bond donors (Lipinski definition) is 2. The van der Waals surface area contributed by atoms with E-state index in [9.17, 15) is 0 Å². The Morgan fingerprint density at radius 3 is 2.35 bits per heavy atom. The maximum Gasteiger partial charge on any atom is 0.191 e. The third-order valence-corrected chi connectivity index (χ3v) is 6.08. The van der Waals surface area contributed by atoms with Crippen LogP contribution in [0.3, 0.4) is 0 Å². The van der Waals surface area contributed by atoms with Gasteiger partial charge in [0.05, 0.1) is 0 Å². The molecule has 0 amide bonds. The van der Waals surface area contributed by atoms with Gasteiger partial charge in [0.25, 0.3) is 0 Å². The summed E-state index contributed by atoms with van der Waals surface area (Å²) in [7, 11) is 4.11. The van der Waals surface area contributed by atoms with E-state index < -0.39 is 0 Å². The SMILES string of the molecule is CN=C(NCCn1cccc1)NCC1(N2CCCCC2)CCN(C)CC1. The zero-order valence-electron chi connectivity index (χ0n) is 16.6. The summed E-state index contributed by atoms with van der Waals surface area (Å²) in [6.07, 6.45) is 10.8. The molecule has 0 bridgehead atoms. The third kappa shape index (κ3) is 5.01. The van der Waals surface area contributed by atoms with Crippen molar-refractivity contribution in [2.24, 2.45) is 4.99 Å². The van der Waals surface area contributed by atoms with E-state index in [1.165, 1.54) is 58.3 Å². The summed E-state index contributed by atoms with van der Waals surface area (Å²) in [6.45, 7) is 7.72. The molecule has 6 heteroatoms. The molecular weight excluding hydrogens is 324 g/mol. The van der Waals surface area contributed by atoms with E-state index in [1.54, 1.807) is 0 Å². The van der Waals surface area contributed by atoms with Crippen molar-refractivity contribution in [3.8, 4) is 0 Å². The predicted octanol–water partition coefficient (Wildman–Crippen LogP) is 1.60. The molecule has 6 nitrogen and oxygen atoms in total. The molecular formula is C20H36N6. The van der Waals surface area contributed by atoms with Crippen molar-refractivity contribution in [2.45, 2.75) is 44.2 Å². The monoisotopic (exact) mass is 360 g/mol. The first-order valence-electron chi connectivity index (χ1n) is 10.2. The molecule has 146 valence electrons. The highest BCUT2D eigenvalue weighted by atomic mass is 15.3. The summed E-state index contributed by atoms with van der Waals surface area (Å²) in [5, 5.41) is 7.11. The fourth-order valence-corrected chi connectivity index (χ4v) is 4.30. The van der Waals surface area contributed by atoms with Crippen LogP contribution in [0, 0.1) is 0 Å². The molecule has 0 saturated carbocycles. The first-order chi connectivity index (χ1) is 12.7. The first-order valence-corrected chi connectivity index (χ1v) is 10.2. The van der Waals surface area contributed by atoms with E-state index in [0.29, 0.717) is 0 Å². The van der Waals surface area contributed by atoms with Crippen molar-refractivity contribution in [3.63, 3.8) is 0 Å². The summed E-state index contributed by atoms with van der Waals surface area (Å²) in [5.74, 6) is 0.924. The van der Waals surface area contributed by atoms with E-state index >= 15 is 0 Å². The number of nitrogens with zero attached hydrogens (tertiary/aromatic N) is 4. The number of guanidine groups is 1. The quantitative estimate of drug-likeness (QED) is 0.598. The van der Waals surface area contributed by atoms with Crippen molar-refractivity contribution in [2.75, 3.05) is 53.4 Å². The smallest absolute Gasteiger partial charge is 0.191 e. The largest absolute Gasteiger partial charge is 0.355 e. The number of piperidine rings is 2. The van der Waals surface area contributed by atoms with Gasteiger partial charge >= 0.3 is 0 Å². The summed E-state index contributed by atoms with van der Waals surface area (Å²) in [4.78, 5) is 9.67. The van der Waals surface area contributed by atoms with Crippen LogP contribution in [0.4, 0.5) is 0 Å². The van der Waals surface area contributed by atoms with E-state index in [2.05, 4.69) is 61.6 Å². The fraction of sp³-hybridized carbons (Fsp3) is 0.750. The lowest BCUT2D eigenvalue weighted by molar-refractivity contribution is 0.0173. The second-order valence-electron chi connectivity index (χ2n) is 7.85. The minimum atomic E-state index is 0.283. The van der Waals surface area contributed by atoms with Gasteiger partial charge in [0.2, 0.25) is 0 Å². The van der Waals surface area contributed by atoms with Gasteiger partial charge in [-0.05, 0) is 71.0 Å². The van der Waals surface area contributed by atoms with Gasteiger partial charge < -0.3 is 20.1 Å². The van der Waals surface area contributed by atoms with E-state index in [0.717, 1.165) is 25.6 Å². The van der Waals surface area contributed by atoms with Crippen LogP contribution < -0.4 is 10.6 Å². The Morgan fingerprint density at radius 2 is 1.69 bits per heavy atom. The van der Waals surface area contributed by atoms with Crippen molar-refractivity contribution in [1.29, 1.82) is 0 Å². The first kappa shape index (κ1) is 19.2. The molecule has 2 N–H and O–H groups in total. The van der Waals surface area contributed by atoms with Crippen LogP contribution in [0.1, 0.15) is 32.1 Å². The number of hydrogen-bond acceptors (Lipinski definition) is 3. The molecule has 3 heterocycles. The second kappa shape index (κ2) is 9.42. The Balaban J connectivity index is 1.53. The molecule has 0 atom stereocenters. The lowest BCUT2D eigenvalue weighted by atomic mass is 9.84. The molecule has 2 aliphatic heterocycles. The maximum absolute atomic E-state index is 4.44. The van der Waals surface area contributed by atoms with Crippen LogP contribution in [0.2, 0.25) is 0 Å². The highest BCUT2D eigenvalue weighted by Crippen LogP contribution is 2.30. The van der Waals surface area contributed by atoms with E-state index in [1.807, 2.05) is 7.05 Å². The number of aliphatic imine (C=N–C) groups is 1. The molecule has 2 fully saturated rings. The average Bonchev–Trinajstić information content (AvgIpc) is 3.20. The number of likely N-dealkylation sites (tertiary alicyclic amines) is 2. The normalized spacial score (nSPS) is 22.3. The Bertz CT molecular complexity index is 539. The fourth-order valence-electron chi connectivity index (χ4n) is 4.30.